The highest BCUT2D eigenvalue weighted by Crippen LogP contribution is 2.34. The lowest BCUT2D eigenvalue weighted by molar-refractivity contribution is 0.187. The molecular weight excluding hydrogens is 360 g/mol. The number of aliphatic hydroxyl groups is 1. The van der Waals surface area contributed by atoms with E-state index in [4.69, 9.17) is 4.42 Å². The second-order valence-corrected chi connectivity index (χ2v) is 6.04. The summed E-state index contributed by atoms with van der Waals surface area (Å²) in [5.41, 5.74) is 4.34. The number of aryl methyl sites for hydroxylation is 3. The molecule has 1 unspecified atom stereocenters. The van der Waals surface area contributed by atoms with Gasteiger partial charge < -0.3 is 9.52 Å². The van der Waals surface area contributed by atoms with E-state index >= 15 is 0 Å². The summed E-state index contributed by atoms with van der Waals surface area (Å²) in [7, 11) is 0. The van der Waals surface area contributed by atoms with Crippen molar-refractivity contribution in [1.82, 2.24) is 0 Å². The van der Waals surface area contributed by atoms with Crippen LogP contribution >= 0.6 is 31.9 Å². The summed E-state index contributed by atoms with van der Waals surface area (Å²) in [6.07, 6.45) is -0.744. The Morgan fingerprint density at radius 2 is 1.61 bits per heavy atom. The van der Waals surface area contributed by atoms with E-state index in [0.29, 0.717) is 10.4 Å². The molecule has 0 saturated heterocycles. The molecule has 1 N–H and O–H groups in total. The van der Waals surface area contributed by atoms with Gasteiger partial charge in [-0.3, -0.25) is 0 Å². The predicted molar refractivity (Wildman–Crippen MR) is 78.8 cm³/mol. The SMILES string of the molecule is Cc1cc(C)c(C(O)c2cc(Br)c(Br)o2)cc1C. The van der Waals surface area contributed by atoms with E-state index in [1.54, 1.807) is 6.07 Å². The van der Waals surface area contributed by atoms with E-state index in [1.807, 2.05) is 19.9 Å². The molecule has 4 heteroatoms. The van der Waals surface area contributed by atoms with Gasteiger partial charge in [0.1, 0.15) is 11.9 Å². The van der Waals surface area contributed by atoms with E-state index in [1.165, 1.54) is 11.1 Å². The van der Waals surface area contributed by atoms with Gasteiger partial charge in [-0.05, 0) is 81.0 Å². The van der Waals surface area contributed by atoms with Crippen LogP contribution < -0.4 is 0 Å². The maximum atomic E-state index is 10.4. The molecule has 0 aliphatic carbocycles. The van der Waals surface area contributed by atoms with Crippen molar-refractivity contribution in [3.8, 4) is 0 Å². The first-order valence-corrected chi connectivity index (χ1v) is 7.19. The second-order valence-electron chi connectivity index (χ2n) is 4.47. The van der Waals surface area contributed by atoms with Crippen LogP contribution in [0.1, 0.15) is 34.1 Å². The Morgan fingerprint density at radius 1 is 1.00 bits per heavy atom. The van der Waals surface area contributed by atoms with Crippen LogP contribution in [0.5, 0.6) is 0 Å². The molecule has 1 aromatic heterocycles. The molecule has 0 fully saturated rings. The first-order chi connectivity index (χ1) is 8.40. The van der Waals surface area contributed by atoms with Gasteiger partial charge in [-0.1, -0.05) is 12.1 Å². The molecule has 2 nitrogen and oxygen atoms in total. The lowest BCUT2D eigenvalue weighted by atomic mass is 9.96. The topological polar surface area (TPSA) is 33.4 Å². The molecule has 0 radical (unpaired) electrons. The number of furan rings is 1. The summed E-state index contributed by atoms with van der Waals surface area (Å²) in [6, 6.07) is 5.88. The van der Waals surface area contributed by atoms with Gasteiger partial charge in [0.15, 0.2) is 4.67 Å². The van der Waals surface area contributed by atoms with Gasteiger partial charge in [0.25, 0.3) is 0 Å². The fraction of sp³-hybridized carbons (Fsp3) is 0.286. The molecule has 2 aromatic rings. The van der Waals surface area contributed by atoms with Gasteiger partial charge >= 0.3 is 0 Å². The van der Waals surface area contributed by atoms with Crippen molar-refractivity contribution in [2.24, 2.45) is 0 Å². The van der Waals surface area contributed by atoms with Crippen molar-refractivity contribution < 1.29 is 9.52 Å². The van der Waals surface area contributed by atoms with Gasteiger partial charge in [-0.2, -0.15) is 0 Å². The third-order valence-corrected chi connectivity index (χ3v) is 4.82. The first-order valence-electron chi connectivity index (χ1n) is 5.60. The van der Waals surface area contributed by atoms with Crippen LogP contribution in [0.25, 0.3) is 0 Å². The summed E-state index contributed by atoms with van der Waals surface area (Å²) >= 11 is 6.63. The van der Waals surface area contributed by atoms with Gasteiger partial charge in [0, 0.05) is 0 Å². The molecule has 0 saturated carbocycles. The number of benzene rings is 1. The van der Waals surface area contributed by atoms with Gasteiger partial charge in [-0.25, -0.2) is 0 Å². The molecule has 1 heterocycles. The summed E-state index contributed by atoms with van der Waals surface area (Å²) in [5, 5.41) is 10.4. The van der Waals surface area contributed by atoms with Crippen molar-refractivity contribution in [3.05, 3.63) is 55.4 Å². The van der Waals surface area contributed by atoms with Crippen molar-refractivity contribution >= 4 is 31.9 Å². The largest absolute Gasteiger partial charge is 0.450 e. The minimum atomic E-state index is -0.744. The van der Waals surface area contributed by atoms with Crippen molar-refractivity contribution in [2.75, 3.05) is 0 Å². The van der Waals surface area contributed by atoms with Crippen molar-refractivity contribution in [1.29, 1.82) is 0 Å². The third kappa shape index (κ3) is 2.56. The third-order valence-electron chi connectivity index (χ3n) is 3.11. The highest BCUT2D eigenvalue weighted by atomic mass is 79.9. The summed E-state index contributed by atoms with van der Waals surface area (Å²) < 4.78 is 6.87. The maximum Gasteiger partial charge on any atom is 0.183 e. The smallest absolute Gasteiger partial charge is 0.183 e. The van der Waals surface area contributed by atoms with Gasteiger partial charge in [0.2, 0.25) is 0 Å². The van der Waals surface area contributed by atoms with Crippen LogP contribution in [0, 0.1) is 20.8 Å². The second kappa shape index (κ2) is 5.19. The zero-order valence-corrected chi connectivity index (χ0v) is 13.6. The lowest BCUT2D eigenvalue weighted by Crippen LogP contribution is -2.02. The molecule has 2 rings (SSSR count). The van der Waals surface area contributed by atoms with Gasteiger partial charge in [-0.15, -0.1) is 0 Å². The molecule has 0 aliphatic rings. The van der Waals surface area contributed by atoms with Crippen molar-refractivity contribution in [2.45, 2.75) is 26.9 Å². The number of hydrogen-bond acceptors (Lipinski definition) is 2. The predicted octanol–water partition coefficient (Wildman–Crippen LogP) is 4.81. The van der Waals surface area contributed by atoms with Crippen LogP contribution in [0.4, 0.5) is 0 Å². The highest BCUT2D eigenvalue weighted by Gasteiger charge is 2.19. The molecule has 0 bridgehead atoms. The molecular formula is C14H14Br2O2. The number of aliphatic hydroxyl groups excluding tert-OH is 1. The Labute approximate surface area is 123 Å². The zero-order valence-electron chi connectivity index (χ0n) is 10.4. The Hall–Kier alpha value is -0.580. The number of hydrogen-bond donors (Lipinski definition) is 1. The first kappa shape index (κ1) is 13.8. The summed E-state index contributed by atoms with van der Waals surface area (Å²) in [4.78, 5) is 0. The number of halogens is 2. The summed E-state index contributed by atoms with van der Waals surface area (Å²) in [5.74, 6) is 0.528. The zero-order chi connectivity index (χ0) is 13.4. The maximum absolute atomic E-state index is 10.4. The molecule has 0 amide bonds. The van der Waals surface area contributed by atoms with Crippen LogP contribution in [0.3, 0.4) is 0 Å². The Bertz CT molecular complexity index is 568. The molecule has 18 heavy (non-hydrogen) atoms. The standard InChI is InChI=1S/C14H14Br2O2/c1-7-4-9(3)10(5-8(7)2)13(17)12-6-11(15)14(16)18-12/h4-6,13,17H,1-3H3. The minimum absolute atomic E-state index is 0.528. The van der Waals surface area contributed by atoms with Crippen LogP contribution in [-0.2, 0) is 0 Å². The van der Waals surface area contributed by atoms with E-state index in [0.717, 1.165) is 15.6 Å². The number of rotatable bonds is 2. The average Bonchev–Trinajstić information content (AvgIpc) is 2.63. The monoisotopic (exact) mass is 372 g/mol. The normalized spacial score (nSPS) is 12.8. The quantitative estimate of drug-likeness (QED) is 0.819. The van der Waals surface area contributed by atoms with Crippen LogP contribution in [0.2, 0.25) is 0 Å². The van der Waals surface area contributed by atoms with E-state index in [2.05, 4.69) is 44.8 Å². The minimum Gasteiger partial charge on any atom is -0.450 e. The van der Waals surface area contributed by atoms with Gasteiger partial charge in [0.05, 0.1) is 4.47 Å². The van der Waals surface area contributed by atoms with E-state index in [9.17, 15) is 5.11 Å². The fourth-order valence-corrected chi connectivity index (χ4v) is 2.54. The van der Waals surface area contributed by atoms with E-state index in [-0.39, 0.29) is 0 Å². The average molecular weight is 374 g/mol. The molecule has 96 valence electrons. The molecule has 0 aliphatic heterocycles. The molecule has 1 aromatic carbocycles. The van der Waals surface area contributed by atoms with Crippen LogP contribution in [0.15, 0.2) is 31.8 Å². The Kier molecular flexibility index (Phi) is 3.99. The lowest BCUT2D eigenvalue weighted by Gasteiger charge is -2.14. The molecule has 1 atom stereocenters. The van der Waals surface area contributed by atoms with Crippen LogP contribution in [-0.4, -0.2) is 5.11 Å². The Balaban J connectivity index is 2.45. The van der Waals surface area contributed by atoms with E-state index < -0.39 is 6.10 Å². The highest BCUT2D eigenvalue weighted by molar-refractivity contribution is 9.13. The van der Waals surface area contributed by atoms with Crippen molar-refractivity contribution in [3.63, 3.8) is 0 Å². The summed E-state index contributed by atoms with van der Waals surface area (Å²) in [6.45, 7) is 6.11. The molecule has 0 spiro atoms. The Morgan fingerprint density at radius 3 is 2.17 bits per heavy atom. The fourth-order valence-electron chi connectivity index (χ4n) is 1.93.